The second kappa shape index (κ2) is 5.70. The zero-order valence-corrected chi connectivity index (χ0v) is 8.40. The fraction of sp³-hybridized carbons (Fsp3) is 0.778. The SMILES string of the molecule is CNC(C)CCCCn1cncn1. The summed E-state index contributed by atoms with van der Waals surface area (Å²) in [6.45, 7) is 3.19. The van der Waals surface area contributed by atoms with Crippen LogP contribution < -0.4 is 5.32 Å². The molecule has 0 amide bonds. The van der Waals surface area contributed by atoms with Gasteiger partial charge in [-0.3, -0.25) is 4.68 Å². The molecule has 4 heteroatoms. The highest BCUT2D eigenvalue weighted by molar-refractivity contribution is 4.59. The molecule has 1 heterocycles. The lowest BCUT2D eigenvalue weighted by Gasteiger charge is -2.08. The van der Waals surface area contributed by atoms with Gasteiger partial charge in [-0.1, -0.05) is 6.42 Å². The van der Waals surface area contributed by atoms with Gasteiger partial charge in [-0.05, 0) is 26.8 Å². The molecule has 1 rings (SSSR count). The van der Waals surface area contributed by atoms with Crippen molar-refractivity contribution >= 4 is 0 Å². The van der Waals surface area contributed by atoms with Crippen LogP contribution in [0.3, 0.4) is 0 Å². The second-order valence-corrected chi connectivity index (χ2v) is 3.34. The Kier molecular flexibility index (Phi) is 4.46. The van der Waals surface area contributed by atoms with Crippen LogP contribution in [0.1, 0.15) is 26.2 Å². The van der Waals surface area contributed by atoms with Crippen LogP contribution in [0.15, 0.2) is 12.7 Å². The Morgan fingerprint density at radius 2 is 2.31 bits per heavy atom. The number of aromatic nitrogens is 3. The molecule has 1 atom stereocenters. The summed E-state index contributed by atoms with van der Waals surface area (Å²) in [6, 6.07) is 0.621. The number of rotatable bonds is 6. The predicted octanol–water partition coefficient (Wildman–Crippen LogP) is 1.06. The van der Waals surface area contributed by atoms with E-state index in [0.717, 1.165) is 6.54 Å². The fourth-order valence-electron chi connectivity index (χ4n) is 1.22. The molecule has 0 saturated heterocycles. The van der Waals surface area contributed by atoms with Gasteiger partial charge in [0.25, 0.3) is 0 Å². The van der Waals surface area contributed by atoms with Gasteiger partial charge in [-0.15, -0.1) is 0 Å². The van der Waals surface area contributed by atoms with Gasteiger partial charge in [0.15, 0.2) is 0 Å². The highest BCUT2D eigenvalue weighted by Gasteiger charge is 1.97. The van der Waals surface area contributed by atoms with E-state index in [-0.39, 0.29) is 0 Å². The van der Waals surface area contributed by atoms with Crippen molar-refractivity contribution in [2.24, 2.45) is 0 Å². The van der Waals surface area contributed by atoms with Crippen molar-refractivity contribution in [2.75, 3.05) is 7.05 Å². The highest BCUT2D eigenvalue weighted by Crippen LogP contribution is 2.01. The molecule has 0 aliphatic carbocycles. The number of hydrogen-bond acceptors (Lipinski definition) is 3. The van der Waals surface area contributed by atoms with E-state index < -0.39 is 0 Å². The zero-order valence-electron chi connectivity index (χ0n) is 8.40. The van der Waals surface area contributed by atoms with Crippen molar-refractivity contribution < 1.29 is 0 Å². The molecule has 1 N–H and O–H groups in total. The van der Waals surface area contributed by atoms with Gasteiger partial charge < -0.3 is 5.32 Å². The maximum atomic E-state index is 4.04. The molecule has 1 aromatic heterocycles. The first-order valence-corrected chi connectivity index (χ1v) is 4.82. The third-order valence-electron chi connectivity index (χ3n) is 2.23. The van der Waals surface area contributed by atoms with Gasteiger partial charge in [0.05, 0.1) is 0 Å². The Morgan fingerprint density at radius 3 is 2.92 bits per heavy atom. The summed E-state index contributed by atoms with van der Waals surface area (Å²) in [4.78, 5) is 3.89. The molecule has 0 fully saturated rings. The molecule has 1 unspecified atom stereocenters. The minimum atomic E-state index is 0.621. The molecule has 1 aromatic rings. The van der Waals surface area contributed by atoms with Crippen LogP contribution in [0, 0.1) is 0 Å². The number of hydrogen-bond donors (Lipinski definition) is 1. The molecular weight excluding hydrogens is 164 g/mol. The number of nitrogens with one attached hydrogen (secondary N) is 1. The Morgan fingerprint density at radius 1 is 1.46 bits per heavy atom. The van der Waals surface area contributed by atoms with Crippen LogP contribution >= 0.6 is 0 Å². The number of unbranched alkanes of at least 4 members (excludes halogenated alkanes) is 1. The van der Waals surface area contributed by atoms with Gasteiger partial charge in [0.2, 0.25) is 0 Å². The van der Waals surface area contributed by atoms with Crippen LogP contribution in [-0.2, 0) is 6.54 Å². The normalized spacial score (nSPS) is 13.1. The van der Waals surface area contributed by atoms with Gasteiger partial charge in [-0.25, -0.2) is 4.98 Å². The fourth-order valence-corrected chi connectivity index (χ4v) is 1.22. The lowest BCUT2D eigenvalue weighted by molar-refractivity contribution is 0.489. The Labute approximate surface area is 79.4 Å². The zero-order chi connectivity index (χ0) is 9.52. The summed E-state index contributed by atoms with van der Waals surface area (Å²) in [6.07, 6.45) is 6.99. The van der Waals surface area contributed by atoms with E-state index in [1.165, 1.54) is 19.3 Å². The van der Waals surface area contributed by atoms with E-state index >= 15 is 0 Å². The topological polar surface area (TPSA) is 42.7 Å². The summed E-state index contributed by atoms with van der Waals surface area (Å²) in [5.41, 5.74) is 0. The lowest BCUT2D eigenvalue weighted by Crippen LogP contribution is -2.20. The average Bonchev–Trinajstić information content (AvgIpc) is 2.64. The first-order chi connectivity index (χ1) is 6.33. The molecule has 0 saturated carbocycles. The lowest BCUT2D eigenvalue weighted by atomic mass is 10.1. The van der Waals surface area contributed by atoms with Gasteiger partial charge >= 0.3 is 0 Å². The van der Waals surface area contributed by atoms with E-state index in [1.807, 2.05) is 11.7 Å². The summed E-state index contributed by atoms with van der Waals surface area (Å²) >= 11 is 0. The van der Waals surface area contributed by atoms with Crippen LogP contribution in [0.25, 0.3) is 0 Å². The third kappa shape index (κ3) is 4.03. The van der Waals surface area contributed by atoms with E-state index in [2.05, 4.69) is 22.3 Å². The van der Waals surface area contributed by atoms with E-state index in [0.29, 0.717) is 6.04 Å². The molecule has 0 aliphatic heterocycles. The molecule has 74 valence electrons. The van der Waals surface area contributed by atoms with Crippen LogP contribution in [0.5, 0.6) is 0 Å². The highest BCUT2D eigenvalue weighted by atomic mass is 15.3. The van der Waals surface area contributed by atoms with Crippen molar-refractivity contribution in [3.8, 4) is 0 Å². The van der Waals surface area contributed by atoms with Gasteiger partial charge in [-0.2, -0.15) is 5.10 Å². The minimum Gasteiger partial charge on any atom is -0.317 e. The van der Waals surface area contributed by atoms with Crippen molar-refractivity contribution in [1.29, 1.82) is 0 Å². The van der Waals surface area contributed by atoms with Gasteiger partial charge in [0.1, 0.15) is 12.7 Å². The first kappa shape index (κ1) is 10.2. The Hall–Kier alpha value is -0.900. The minimum absolute atomic E-state index is 0.621. The van der Waals surface area contributed by atoms with Gasteiger partial charge in [0, 0.05) is 12.6 Å². The monoisotopic (exact) mass is 182 g/mol. The molecule has 0 radical (unpaired) electrons. The Bertz CT molecular complexity index is 207. The summed E-state index contributed by atoms with van der Waals surface area (Å²) < 4.78 is 1.88. The third-order valence-corrected chi connectivity index (χ3v) is 2.23. The summed E-state index contributed by atoms with van der Waals surface area (Å²) in [5, 5.41) is 7.27. The number of aryl methyl sites for hydroxylation is 1. The van der Waals surface area contributed by atoms with Crippen LogP contribution in [-0.4, -0.2) is 27.9 Å². The average molecular weight is 182 g/mol. The van der Waals surface area contributed by atoms with E-state index in [4.69, 9.17) is 0 Å². The smallest absolute Gasteiger partial charge is 0.137 e. The van der Waals surface area contributed by atoms with E-state index in [1.54, 1.807) is 12.7 Å². The second-order valence-electron chi connectivity index (χ2n) is 3.34. The number of nitrogens with zero attached hydrogens (tertiary/aromatic N) is 3. The molecule has 0 aromatic carbocycles. The summed E-state index contributed by atoms with van der Waals surface area (Å²) in [7, 11) is 2.00. The van der Waals surface area contributed by atoms with Crippen molar-refractivity contribution in [3.05, 3.63) is 12.7 Å². The molecule has 0 bridgehead atoms. The van der Waals surface area contributed by atoms with Crippen LogP contribution in [0.2, 0.25) is 0 Å². The predicted molar refractivity (Wildman–Crippen MR) is 52.4 cm³/mol. The molecule has 13 heavy (non-hydrogen) atoms. The van der Waals surface area contributed by atoms with E-state index in [9.17, 15) is 0 Å². The quantitative estimate of drug-likeness (QED) is 0.669. The molecular formula is C9H18N4. The molecule has 4 nitrogen and oxygen atoms in total. The molecule has 0 aliphatic rings. The van der Waals surface area contributed by atoms with Crippen LogP contribution in [0.4, 0.5) is 0 Å². The van der Waals surface area contributed by atoms with Crippen molar-refractivity contribution in [1.82, 2.24) is 20.1 Å². The molecule has 0 spiro atoms. The van der Waals surface area contributed by atoms with Crippen molar-refractivity contribution in [2.45, 2.75) is 38.8 Å². The Balaban J connectivity index is 2.02. The largest absolute Gasteiger partial charge is 0.317 e. The standard InChI is InChI=1S/C9H18N4/c1-9(10-2)5-3-4-6-13-8-11-7-12-13/h7-10H,3-6H2,1-2H3. The summed E-state index contributed by atoms with van der Waals surface area (Å²) in [5.74, 6) is 0. The maximum Gasteiger partial charge on any atom is 0.137 e. The maximum absolute atomic E-state index is 4.04. The van der Waals surface area contributed by atoms with Crippen molar-refractivity contribution in [3.63, 3.8) is 0 Å². The first-order valence-electron chi connectivity index (χ1n) is 4.82.